The van der Waals surface area contributed by atoms with E-state index in [0.717, 1.165) is 36.6 Å². The number of hydrogen-bond acceptors (Lipinski definition) is 4. The first-order valence-corrected chi connectivity index (χ1v) is 10.8. The van der Waals surface area contributed by atoms with Crippen molar-refractivity contribution in [3.63, 3.8) is 0 Å². The van der Waals surface area contributed by atoms with Crippen LogP contribution in [0.25, 0.3) is 0 Å². The predicted octanol–water partition coefficient (Wildman–Crippen LogP) is 2.01. The van der Waals surface area contributed by atoms with Crippen LogP contribution in [0, 0.1) is 23.7 Å². The molecule has 1 aliphatic heterocycles. The number of rotatable bonds is 7. The minimum atomic E-state index is 0.00110. The Bertz CT molecular complexity index is 481. The quantitative estimate of drug-likeness (QED) is 0.680. The molecule has 0 unspecified atom stereocenters. The summed E-state index contributed by atoms with van der Waals surface area (Å²) in [5.41, 5.74) is 0. The Hall–Kier alpha value is -0.650. The standard InChI is InChI=1S/C21H37N3O2/c1-13(2)24-12-18(11-19(24)21(25)22-4-5-26-3)23-20-16-7-14-6-15(9-16)10-17(20)8-14/h13-20,23H,4-12H2,1-3H3,(H,22,25)/t14?,15?,16?,17?,18-,19+,20?/m1/s1. The number of amides is 1. The molecule has 1 amide bonds. The fourth-order valence-electron chi connectivity index (χ4n) is 6.67. The van der Waals surface area contributed by atoms with Gasteiger partial charge in [-0.3, -0.25) is 9.69 Å². The van der Waals surface area contributed by atoms with E-state index in [1.807, 2.05) is 0 Å². The van der Waals surface area contributed by atoms with Crippen LogP contribution in [-0.4, -0.2) is 61.8 Å². The summed E-state index contributed by atoms with van der Waals surface area (Å²) in [6.45, 7) is 6.60. The van der Waals surface area contributed by atoms with E-state index in [2.05, 4.69) is 29.4 Å². The van der Waals surface area contributed by atoms with Crippen molar-refractivity contribution in [1.82, 2.24) is 15.5 Å². The fourth-order valence-corrected chi connectivity index (χ4v) is 6.67. The third kappa shape index (κ3) is 3.67. The highest BCUT2D eigenvalue weighted by Gasteiger charge is 2.49. The van der Waals surface area contributed by atoms with Crippen LogP contribution in [0.5, 0.6) is 0 Å². The highest BCUT2D eigenvalue weighted by molar-refractivity contribution is 5.82. The summed E-state index contributed by atoms with van der Waals surface area (Å²) in [5, 5.41) is 7.10. The van der Waals surface area contributed by atoms with E-state index in [0.29, 0.717) is 31.3 Å². The molecule has 5 aliphatic rings. The van der Waals surface area contributed by atoms with Crippen molar-refractivity contribution < 1.29 is 9.53 Å². The molecule has 0 aromatic heterocycles. The maximum Gasteiger partial charge on any atom is 0.237 e. The minimum Gasteiger partial charge on any atom is -0.383 e. The second-order valence-electron chi connectivity index (χ2n) is 9.65. The Morgan fingerprint density at radius 3 is 2.31 bits per heavy atom. The molecule has 1 heterocycles. The van der Waals surface area contributed by atoms with Gasteiger partial charge in [-0.25, -0.2) is 0 Å². The van der Waals surface area contributed by atoms with Gasteiger partial charge in [0, 0.05) is 38.3 Å². The van der Waals surface area contributed by atoms with Gasteiger partial charge in [0.1, 0.15) is 0 Å². The van der Waals surface area contributed by atoms with Gasteiger partial charge in [0.05, 0.1) is 12.6 Å². The molecule has 4 bridgehead atoms. The third-order valence-electron chi connectivity index (χ3n) is 7.57. The van der Waals surface area contributed by atoms with Crippen molar-refractivity contribution in [2.45, 2.75) is 76.5 Å². The SMILES string of the molecule is COCCNC(=O)[C@@H]1C[C@@H](NC2C3CC4CC(C3)CC2C4)CN1C(C)C. The van der Waals surface area contributed by atoms with Gasteiger partial charge >= 0.3 is 0 Å². The first-order chi connectivity index (χ1) is 12.5. The maximum absolute atomic E-state index is 12.7. The average Bonchev–Trinajstić information content (AvgIpc) is 3.02. The molecule has 2 atom stereocenters. The summed E-state index contributed by atoms with van der Waals surface area (Å²) in [6, 6.07) is 1.56. The minimum absolute atomic E-state index is 0.00110. The number of likely N-dealkylation sites (tertiary alicyclic amines) is 1. The van der Waals surface area contributed by atoms with Gasteiger partial charge in [-0.1, -0.05) is 0 Å². The van der Waals surface area contributed by atoms with E-state index in [1.54, 1.807) is 7.11 Å². The summed E-state index contributed by atoms with van der Waals surface area (Å²) in [4.78, 5) is 15.1. The molecule has 4 aliphatic carbocycles. The molecule has 26 heavy (non-hydrogen) atoms. The van der Waals surface area contributed by atoms with E-state index in [-0.39, 0.29) is 11.9 Å². The number of hydrogen-bond donors (Lipinski definition) is 2. The summed E-state index contributed by atoms with van der Waals surface area (Å²) < 4.78 is 5.06. The van der Waals surface area contributed by atoms with Gasteiger partial charge in [0.15, 0.2) is 0 Å². The van der Waals surface area contributed by atoms with Crippen molar-refractivity contribution in [2.75, 3.05) is 26.8 Å². The van der Waals surface area contributed by atoms with Gasteiger partial charge in [0.25, 0.3) is 0 Å². The lowest BCUT2D eigenvalue weighted by Crippen LogP contribution is -2.57. The Morgan fingerprint density at radius 1 is 1.08 bits per heavy atom. The van der Waals surface area contributed by atoms with Gasteiger partial charge in [-0.05, 0) is 76.0 Å². The number of ether oxygens (including phenoxy) is 1. The molecule has 0 spiro atoms. The number of nitrogens with one attached hydrogen (secondary N) is 2. The topological polar surface area (TPSA) is 53.6 Å². The zero-order valence-corrected chi connectivity index (χ0v) is 16.7. The first-order valence-electron chi connectivity index (χ1n) is 10.8. The monoisotopic (exact) mass is 363 g/mol. The zero-order chi connectivity index (χ0) is 18.3. The maximum atomic E-state index is 12.7. The molecule has 1 saturated heterocycles. The normalized spacial score (nSPS) is 41.9. The van der Waals surface area contributed by atoms with E-state index in [1.165, 1.54) is 32.1 Å². The summed E-state index contributed by atoms with van der Waals surface area (Å²) in [6.07, 6.45) is 8.25. The van der Waals surface area contributed by atoms with Crippen molar-refractivity contribution in [3.8, 4) is 0 Å². The lowest BCUT2D eigenvalue weighted by atomic mass is 9.54. The molecule has 0 aromatic carbocycles. The van der Waals surface area contributed by atoms with Gasteiger partial charge in [-0.15, -0.1) is 0 Å². The number of carbonyl (C=O) groups is 1. The Kier molecular flexibility index (Phi) is 5.58. The molecule has 0 radical (unpaired) electrons. The first kappa shape index (κ1) is 18.7. The molecule has 2 N–H and O–H groups in total. The lowest BCUT2D eigenvalue weighted by Gasteiger charge is -2.55. The molecule has 4 saturated carbocycles. The Labute approximate surface area is 158 Å². The fraction of sp³-hybridized carbons (Fsp3) is 0.952. The molecule has 5 nitrogen and oxygen atoms in total. The zero-order valence-electron chi connectivity index (χ0n) is 16.7. The van der Waals surface area contributed by atoms with E-state index >= 15 is 0 Å². The second kappa shape index (κ2) is 7.76. The number of methoxy groups -OCH3 is 1. The van der Waals surface area contributed by atoms with Gasteiger partial charge < -0.3 is 15.4 Å². The van der Waals surface area contributed by atoms with E-state index in [4.69, 9.17) is 4.74 Å². The van der Waals surface area contributed by atoms with Crippen LogP contribution in [0.1, 0.15) is 52.4 Å². The largest absolute Gasteiger partial charge is 0.383 e. The summed E-state index contributed by atoms with van der Waals surface area (Å²) in [5.74, 6) is 4.00. The second-order valence-corrected chi connectivity index (χ2v) is 9.65. The van der Waals surface area contributed by atoms with E-state index < -0.39 is 0 Å². The molecule has 0 aromatic rings. The van der Waals surface area contributed by atoms with E-state index in [9.17, 15) is 4.79 Å². The predicted molar refractivity (Wildman–Crippen MR) is 103 cm³/mol. The van der Waals surface area contributed by atoms with Gasteiger partial charge in [0.2, 0.25) is 5.91 Å². The van der Waals surface area contributed by atoms with Crippen LogP contribution < -0.4 is 10.6 Å². The average molecular weight is 364 g/mol. The molecule has 148 valence electrons. The van der Waals surface area contributed by atoms with Crippen molar-refractivity contribution in [3.05, 3.63) is 0 Å². The molecule has 5 rings (SSSR count). The van der Waals surface area contributed by atoms with Crippen LogP contribution in [0.4, 0.5) is 0 Å². The highest BCUT2D eigenvalue weighted by Crippen LogP contribution is 2.53. The smallest absolute Gasteiger partial charge is 0.237 e. The third-order valence-corrected chi connectivity index (χ3v) is 7.57. The Morgan fingerprint density at radius 2 is 1.73 bits per heavy atom. The van der Waals surface area contributed by atoms with Crippen molar-refractivity contribution in [1.29, 1.82) is 0 Å². The molecule has 5 fully saturated rings. The van der Waals surface area contributed by atoms with Crippen LogP contribution in [0.3, 0.4) is 0 Å². The molecular weight excluding hydrogens is 326 g/mol. The van der Waals surface area contributed by atoms with Crippen molar-refractivity contribution >= 4 is 5.91 Å². The van der Waals surface area contributed by atoms with Crippen LogP contribution in [0.2, 0.25) is 0 Å². The summed E-state index contributed by atoms with van der Waals surface area (Å²) in [7, 11) is 1.67. The summed E-state index contributed by atoms with van der Waals surface area (Å²) >= 11 is 0. The van der Waals surface area contributed by atoms with Crippen LogP contribution >= 0.6 is 0 Å². The van der Waals surface area contributed by atoms with Crippen LogP contribution in [-0.2, 0) is 9.53 Å². The highest BCUT2D eigenvalue weighted by atomic mass is 16.5. The molecule has 5 heteroatoms. The van der Waals surface area contributed by atoms with Gasteiger partial charge in [-0.2, -0.15) is 0 Å². The number of nitrogens with zero attached hydrogens (tertiary/aromatic N) is 1. The van der Waals surface area contributed by atoms with Crippen molar-refractivity contribution in [2.24, 2.45) is 23.7 Å². The number of carbonyl (C=O) groups excluding carboxylic acids is 1. The lowest BCUT2D eigenvalue weighted by molar-refractivity contribution is -0.126. The molecular formula is C21H37N3O2. The Balaban J connectivity index is 1.36. The van der Waals surface area contributed by atoms with Crippen LogP contribution in [0.15, 0.2) is 0 Å².